The van der Waals surface area contributed by atoms with Crippen molar-refractivity contribution in [3.05, 3.63) is 120 Å². The molecule has 0 aromatic heterocycles. The summed E-state index contributed by atoms with van der Waals surface area (Å²) in [6.45, 7) is 12.8. The number of hydrogen-bond acceptors (Lipinski definition) is 13. The smallest absolute Gasteiger partial charge is 0.338 e. The van der Waals surface area contributed by atoms with E-state index in [4.69, 9.17) is 28.4 Å². The van der Waals surface area contributed by atoms with Gasteiger partial charge in [-0.05, 0) is 68.2 Å². The topological polar surface area (TPSA) is 181 Å². The van der Waals surface area contributed by atoms with E-state index >= 15 is 0 Å². The van der Waals surface area contributed by atoms with Crippen molar-refractivity contribution in [1.29, 1.82) is 0 Å². The fourth-order valence-corrected chi connectivity index (χ4v) is 10.4. The van der Waals surface area contributed by atoms with E-state index in [1.807, 2.05) is 0 Å². The molecule has 7 rings (SSSR count). The van der Waals surface area contributed by atoms with E-state index in [-0.39, 0.29) is 28.7 Å². The molecule has 306 valence electrons. The van der Waals surface area contributed by atoms with Gasteiger partial charge in [-0.2, -0.15) is 0 Å². The Morgan fingerprint density at radius 2 is 1.07 bits per heavy atom. The highest BCUT2D eigenvalue weighted by molar-refractivity contribution is 5.91. The molecule has 1 spiro atoms. The molecule has 2 N–H and O–H groups in total. The molecule has 0 unspecified atom stereocenters. The van der Waals surface area contributed by atoms with Gasteiger partial charge in [0.1, 0.15) is 30.0 Å². The number of carbonyl (C=O) groups is 5. The van der Waals surface area contributed by atoms with Crippen LogP contribution in [-0.2, 0) is 38.0 Å². The zero-order valence-corrected chi connectivity index (χ0v) is 33.2. The predicted molar refractivity (Wildman–Crippen MR) is 205 cm³/mol. The van der Waals surface area contributed by atoms with Crippen LogP contribution in [0, 0.1) is 23.7 Å². The monoisotopic (exact) mass is 796 g/mol. The number of esters is 5. The Kier molecular flexibility index (Phi) is 10.4. The maximum absolute atomic E-state index is 14.2. The van der Waals surface area contributed by atoms with Crippen molar-refractivity contribution in [2.24, 2.45) is 23.7 Å². The second-order valence-corrected chi connectivity index (χ2v) is 16.3. The van der Waals surface area contributed by atoms with Crippen molar-refractivity contribution in [2.75, 3.05) is 0 Å². The summed E-state index contributed by atoms with van der Waals surface area (Å²) in [5.74, 6) is -8.59. The molecule has 58 heavy (non-hydrogen) atoms. The number of aliphatic hydroxyl groups is 2. The summed E-state index contributed by atoms with van der Waals surface area (Å²) in [5, 5.41) is 27.1. The van der Waals surface area contributed by atoms with Crippen LogP contribution in [0.3, 0.4) is 0 Å². The molecule has 3 aliphatic carbocycles. The van der Waals surface area contributed by atoms with E-state index in [0.717, 1.165) is 6.92 Å². The van der Waals surface area contributed by atoms with Crippen molar-refractivity contribution < 1.29 is 62.6 Å². The van der Waals surface area contributed by atoms with Gasteiger partial charge in [-0.25, -0.2) is 14.4 Å². The maximum atomic E-state index is 14.2. The Hall–Kier alpha value is -5.37. The molecule has 3 aromatic rings. The summed E-state index contributed by atoms with van der Waals surface area (Å²) in [5.41, 5.74) is -7.89. The summed E-state index contributed by atoms with van der Waals surface area (Å²) < 4.78 is 38.1. The van der Waals surface area contributed by atoms with Gasteiger partial charge in [-0.15, -0.1) is 0 Å². The molecule has 13 nitrogen and oxygen atoms in total. The largest absolute Gasteiger partial charge is 0.459 e. The van der Waals surface area contributed by atoms with E-state index in [9.17, 15) is 34.2 Å². The normalized spacial score (nSPS) is 37.0. The van der Waals surface area contributed by atoms with E-state index < -0.39 is 106 Å². The van der Waals surface area contributed by atoms with Crippen molar-refractivity contribution in [3.63, 3.8) is 0 Å². The lowest BCUT2D eigenvalue weighted by atomic mass is 9.52. The van der Waals surface area contributed by atoms with Crippen molar-refractivity contribution in [3.8, 4) is 0 Å². The van der Waals surface area contributed by atoms with Crippen molar-refractivity contribution >= 4 is 29.8 Å². The summed E-state index contributed by atoms with van der Waals surface area (Å²) in [6, 6.07) is 24.2. The molecule has 13 atom stereocenters. The molecule has 2 bridgehead atoms. The first-order valence-corrected chi connectivity index (χ1v) is 19.4. The molecule has 4 fully saturated rings. The first kappa shape index (κ1) is 40.8. The third-order valence-electron chi connectivity index (χ3n) is 12.8. The van der Waals surface area contributed by atoms with Crippen LogP contribution in [0.15, 0.2) is 103 Å². The average molecular weight is 797 g/mol. The molecule has 4 aliphatic rings. The lowest BCUT2D eigenvalue weighted by Crippen LogP contribution is -2.80. The predicted octanol–water partition coefficient (Wildman–Crippen LogP) is 5.03. The van der Waals surface area contributed by atoms with Gasteiger partial charge >= 0.3 is 29.8 Å². The molecular weight excluding hydrogens is 748 g/mol. The number of fused-ring (bicyclic) bond motifs is 3. The number of ether oxygens (including phenoxy) is 6. The average Bonchev–Trinajstić information content (AvgIpc) is 3.43. The highest BCUT2D eigenvalue weighted by atomic mass is 16.7. The van der Waals surface area contributed by atoms with Crippen molar-refractivity contribution in [1.82, 2.24) is 0 Å². The van der Waals surface area contributed by atoms with Crippen molar-refractivity contribution in [2.45, 2.75) is 101 Å². The summed E-state index contributed by atoms with van der Waals surface area (Å²) >= 11 is 0. The van der Waals surface area contributed by atoms with Gasteiger partial charge in [0.25, 0.3) is 0 Å². The number of carbonyl (C=O) groups excluding carboxylic acids is 5. The first-order chi connectivity index (χ1) is 27.4. The van der Waals surface area contributed by atoms with Crippen LogP contribution in [0.5, 0.6) is 0 Å². The molecule has 3 aromatic carbocycles. The van der Waals surface area contributed by atoms with Crippen LogP contribution in [0.2, 0.25) is 0 Å². The minimum Gasteiger partial charge on any atom is -0.459 e. The van der Waals surface area contributed by atoms with Gasteiger partial charge in [0.2, 0.25) is 0 Å². The molecule has 0 amide bonds. The molecule has 13 heteroatoms. The summed E-state index contributed by atoms with van der Waals surface area (Å²) in [4.78, 5) is 68.4. The Morgan fingerprint density at radius 3 is 1.52 bits per heavy atom. The van der Waals surface area contributed by atoms with Crippen LogP contribution in [0.4, 0.5) is 0 Å². The number of hydrogen-bond donors (Lipinski definition) is 2. The van der Waals surface area contributed by atoms with Gasteiger partial charge in [-0.3, -0.25) is 9.59 Å². The van der Waals surface area contributed by atoms with Gasteiger partial charge in [0, 0.05) is 25.7 Å². The first-order valence-electron chi connectivity index (χ1n) is 19.4. The molecule has 0 radical (unpaired) electrons. The summed E-state index contributed by atoms with van der Waals surface area (Å²) in [6.07, 6.45) is -7.58. The van der Waals surface area contributed by atoms with E-state index in [1.165, 1.54) is 45.0 Å². The lowest BCUT2D eigenvalue weighted by molar-refractivity contribution is -0.388. The van der Waals surface area contributed by atoms with Crippen LogP contribution in [0.1, 0.15) is 79.0 Å². The third kappa shape index (κ3) is 6.13. The SMILES string of the molecule is C=C(C)[C@@]1(O)[C@H](OC(C)=O)[C@@H]2[C@H](OC(=O)c3ccccc3)[C@@]3(C)O[C@@]4([C@@H]3OC(=O)c3ccccc3)[C@@H](OC(C)=O)[C@@H](C)C[C@H]4[C@@]2(O)[C@H](C)[C@@H]1OC(=O)c1ccccc1. The van der Waals surface area contributed by atoms with Crippen LogP contribution < -0.4 is 0 Å². The molecular formula is C45H48O13. The van der Waals surface area contributed by atoms with Gasteiger partial charge in [0.15, 0.2) is 17.3 Å². The fraction of sp³-hybridized carbons (Fsp3) is 0.444. The zero-order chi connectivity index (χ0) is 41.9. The second kappa shape index (κ2) is 14.8. The Morgan fingerprint density at radius 1 is 0.638 bits per heavy atom. The van der Waals surface area contributed by atoms with Gasteiger partial charge < -0.3 is 38.6 Å². The molecule has 1 heterocycles. The minimum atomic E-state index is -2.42. The molecule has 1 aliphatic heterocycles. The maximum Gasteiger partial charge on any atom is 0.338 e. The Bertz CT molecular complexity index is 2110. The fourth-order valence-electron chi connectivity index (χ4n) is 10.4. The Labute approximate surface area is 336 Å². The Balaban J connectivity index is 1.50. The number of benzene rings is 3. The third-order valence-corrected chi connectivity index (χ3v) is 12.8. The molecule has 1 saturated heterocycles. The quantitative estimate of drug-likeness (QED) is 0.167. The standard InChI is InChI=1S/C45H48O13/c1-24(2)43(51)35(55-38(48)29-17-11-8-12-18-29)26(4)44(52)32-23-25(3)34(53-27(5)46)45(32)41(57-40(50)31-21-15-10-16-22-31)42(7,58-45)36(33(44)37(43)54-28(6)47)56-39(49)30-19-13-9-14-20-30/h8-22,25-26,32-37,41,51-52H,1,23H2,2-7H3/t25-,26+,32-,33-,34-,35-,36-,37+,41+,42+,43-,44-,45+/m0/s1. The van der Waals surface area contributed by atoms with Crippen LogP contribution in [0.25, 0.3) is 0 Å². The second-order valence-electron chi connectivity index (χ2n) is 16.3. The van der Waals surface area contributed by atoms with Gasteiger partial charge in [0.05, 0.1) is 28.2 Å². The zero-order valence-electron chi connectivity index (χ0n) is 33.2. The van der Waals surface area contributed by atoms with Crippen LogP contribution >= 0.6 is 0 Å². The lowest BCUT2D eigenvalue weighted by Gasteiger charge is -2.62. The van der Waals surface area contributed by atoms with E-state index in [2.05, 4.69) is 6.58 Å². The molecule has 3 saturated carbocycles. The van der Waals surface area contributed by atoms with E-state index in [1.54, 1.807) is 80.6 Å². The highest BCUT2D eigenvalue weighted by Gasteiger charge is 2.88. The number of rotatable bonds is 9. The van der Waals surface area contributed by atoms with Gasteiger partial charge in [-0.1, -0.05) is 75.0 Å². The highest BCUT2D eigenvalue weighted by Crippen LogP contribution is 2.71. The van der Waals surface area contributed by atoms with E-state index in [0.29, 0.717) is 0 Å². The van der Waals surface area contributed by atoms with Crippen LogP contribution in [-0.4, -0.2) is 93.0 Å². The summed E-state index contributed by atoms with van der Waals surface area (Å²) in [7, 11) is 0. The minimum absolute atomic E-state index is 0.00802.